The zero-order valence-electron chi connectivity index (χ0n) is 15.4. The van der Waals surface area contributed by atoms with E-state index in [0.29, 0.717) is 19.0 Å². The van der Waals surface area contributed by atoms with Crippen molar-refractivity contribution in [3.63, 3.8) is 0 Å². The first kappa shape index (κ1) is 17.7. The quantitative estimate of drug-likeness (QED) is 0.830. The summed E-state index contributed by atoms with van der Waals surface area (Å²) >= 11 is 0. The average Bonchev–Trinajstić information content (AvgIpc) is 3.21. The summed E-state index contributed by atoms with van der Waals surface area (Å²) in [5.74, 6) is 0.546. The van der Waals surface area contributed by atoms with E-state index in [0.717, 1.165) is 36.6 Å². The number of hydrogen-bond donors (Lipinski definition) is 2. The fourth-order valence-electron chi connectivity index (χ4n) is 3.39. The number of H-pyrrole nitrogens is 1. The van der Waals surface area contributed by atoms with E-state index in [1.54, 1.807) is 9.58 Å². The topological polar surface area (TPSA) is 78.8 Å². The Bertz CT molecular complexity index is 693. The Hall–Kier alpha value is -2.15. The number of amides is 1. The van der Waals surface area contributed by atoms with Crippen LogP contribution < -0.4 is 5.32 Å². The minimum atomic E-state index is 0.0789. The van der Waals surface area contributed by atoms with Crippen LogP contribution in [0.3, 0.4) is 0 Å². The molecular weight excluding hydrogens is 316 g/mol. The molecule has 1 amide bonds. The molecule has 2 N–H and O–H groups in total. The summed E-state index contributed by atoms with van der Waals surface area (Å²) in [7, 11) is 1.85. The number of aromatic nitrogens is 4. The number of likely N-dealkylation sites (N-methyl/N-ethyl adjacent to an activating group) is 1. The van der Waals surface area contributed by atoms with E-state index in [1.807, 2.05) is 33.2 Å². The van der Waals surface area contributed by atoms with Crippen LogP contribution in [0.4, 0.5) is 0 Å². The van der Waals surface area contributed by atoms with Crippen molar-refractivity contribution in [2.45, 2.75) is 45.6 Å². The standard InChI is InChI=1S/C18H28N6O/c1-13-16(14(2)21-20-13)6-9-23(3)18(25)12-24-10-7-17(22-24)15-5-4-8-19-11-15/h7,10,15,19H,4-6,8-9,11-12H2,1-3H3,(H,20,21)/t15-/m1/s1. The first-order valence-electron chi connectivity index (χ1n) is 9.03. The third kappa shape index (κ3) is 4.28. The molecule has 2 aromatic heterocycles. The van der Waals surface area contributed by atoms with Crippen LogP contribution in [-0.4, -0.2) is 57.5 Å². The lowest BCUT2D eigenvalue weighted by molar-refractivity contribution is -0.130. The molecule has 1 fully saturated rings. The minimum Gasteiger partial charge on any atom is -0.344 e. The van der Waals surface area contributed by atoms with Crippen molar-refractivity contribution in [3.8, 4) is 0 Å². The number of nitrogens with one attached hydrogen (secondary N) is 2. The molecule has 1 aliphatic rings. The van der Waals surface area contributed by atoms with Crippen molar-refractivity contribution < 1.29 is 4.79 Å². The number of aryl methyl sites for hydroxylation is 2. The number of carbonyl (C=O) groups excluding carboxylic acids is 1. The van der Waals surface area contributed by atoms with Gasteiger partial charge in [0.2, 0.25) is 5.91 Å². The van der Waals surface area contributed by atoms with Crippen molar-refractivity contribution in [3.05, 3.63) is 34.9 Å². The summed E-state index contributed by atoms with van der Waals surface area (Å²) in [6.07, 6.45) is 5.09. The highest BCUT2D eigenvalue weighted by atomic mass is 16.2. The molecule has 7 heteroatoms. The normalized spacial score (nSPS) is 17.6. The molecule has 1 atom stereocenters. The van der Waals surface area contributed by atoms with Crippen molar-refractivity contribution in [1.29, 1.82) is 0 Å². The number of rotatable bonds is 6. The predicted molar refractivity (Wildman–Crippen MR) is 96.5 cm³/mol. The lowest BCUT2D eigenvalue weighted by atomic mass is 9.97. The summed E-state index contributed by atoms with van der Waals surface area (Å²) in [4.78, 5) is 14.2. The highest BCUT2D eigenvalue weighted by Gasteiger charge is 2.18. The van der Waals surface area contributed by atoms with E-state index >= 15 is 0 Å². The molecule has 0 bridgehead atoms. The maximum Gasteiger partial charge on any atom is 0.244 e. The predicted octanol–water partition coefficient (Wildman–Crippen LogP) is 1.39. The first-order chi connectivity index (χ1) is 12.0. The molecule has 0 radical (unpaired) electrons. The summed E-state index contributed by atoms with van der Waals surface area (Å²) in [5.41, 5.74) is 4.38. The van der Waals surface area contributed by atoms with Gasteiger partial charge >= 0.3 is 0 Å². The summed E-state index contributed by atoms with van der Waals surface area (Å²) in [6.45, 7) is 7.06. The number of aromatic amines is 1. The van der Waals surface area contributed by atoms with Gasteiger partial charge in [-0.1, -0.05) is 0 Å². The van der Waals surface area contributed by atoms with Gasteiger partial charge in [0.25, 0.3) is 0 Å². The molecule has 1 saturated heterocycles. The summed E-state index contributed by atoms with van der Waals surface area (Å²) in [5, 5.41) is 15.2. The largest absolute Gasteiger partial charge is 0.344 e. The Labute approximate surface area is 148 Å². The molecule has 0 saturated carbocycles. The number of carbonyl (C=O) groups is 1. The van der Waals surface area contributed by atoms with E-state index in [2.05, 4.69) is 20.6 Å². The van der Waals surface area contributed by atoms with Gasteiger partial charge in [-0.05, 0) is 51.3 Å². The Morgan fingerprint density at radius 2 is 2.28 bits per heavy atom. The van der Waals surface area contributed by atoms with Crippen LogP contribution in [-0.2, 0) is 17.8 Å². The Balaban J connectivity index is 1.52. The van der Waals surface area contributed by atoms with Crippen LogP contribution in [0.2, 0.25) is 0 Å². The maximum absolute atomic E-state index is 12.5. The van der Waals surface area contributed by atoms with Crippen LogP contribution >= 0.6 is 0 Å². The smallest absolute Gasteiger partial charge is 0.244 e. The van der Waals surface area contributed by atoms with E-state index in [9.17, 15) is 4.79 Å². The van der Waals surface area contributed by atoms with Gasteiger partial charge in [0.1, 0.15) is 6.54 Å². The maximum atomic E-state index is 12.5. The minimum absolute atomic E-state index is 0.0789. The van der Waals surface area contributed by atoms with Gasteiger partial charge in [0.15, 0.2) is 0 Å². The zero-order chi connectivity index (χ0) is 17.8. The molecule has 136 valence electrons. The molecule has 3 heterocycles. The number of hydrogen-bond acceptors (Lipinski definition) is 4. The Morgan fingerprint density at radius 1 is 1.44 bits per heavy atom. The van der Waals surface area contributed by atoms with Crippen LogP contribution in [0.5, 0.6) is 0 Å². The van der Waals surface area contributed by atoms with Gasteiger partial charge in [-0.15, -0.1) is 0 Å². The van der Waals surface area contributed by atoms with Gasteiger partial charge in [-0.3, -0.25) is 14.6 Å². The lowest BCUT2D eigenvalue weighted by Gasteiger charge is -2.21. The Morgan fingerprint density at radius 3 is 2.96 bits per heavy atom. The molecule has 1 aliphatic heterocycles. The van der Waals surface area contributed by atoms with Crippen molar-refractivity contribution in [2.75, 3.05) is 26.7 Å². The SMILES string of the molecule is Cc1n[nH]c(C)c1CCN(C)C(=O)Cn1ccc([C@@H]2CCCNC2)n1. The fourth-order valence-corrected chi connectivity index (χ4v) is 3.39. The van der Waals surface area contributed by atoms with E-state index < -0.39 is 0 Å². The highest BCUT2D eigenvalue weighted by Crippen LogP contribution is 2.21. The van der Waals surface area contributed by atoms with Gasteiger partial charge in [-0.2, -0.15) is 10.2 Å². The van der Waals surface area contributed by atoms with Gasteiger partial charge in [-0.25, -0.2) is 0 Å². The van der Waals surface area contributed by atoms with E-state index in [4.69, 9.17) is 0 Å². The zero-order valence-corrected chi connectivity index (χ0v) is 15.4. The molecule has 3 rings (SSSR count). The summed E-state index contributed by atoms with van der Waals surface area (Å²) in [6, 6.07) is 2.04. The fraction of sp³-hybridized carbons (Fsp3) is 0.611. The number of nitrogens with zero attached hydrogens (tertiary/aromatic N) is 4. The molecular formula is C18H28N6O. The third-order valence-corrected chi connectivity index (χ3v) is 5.08. The summed E-state index contributed by atoms with van der Waals surface area (Å²) < 4.78 is 1.76. The highest BCUT2D eigenvalue weighted by molar-refractivity contribution is 5.75. The van der Waals surface area contributed by atoms with Gasteiger partial charge in [0, 0.05) is 37.9 Å². The van der Waals surface area contributed by atoms with E-state index in [1.165, 1.54) is 18.4 Å². The molecule has 0 aromatic carbocycles. The van der Waals surface area contributed by atoms with Gasteiger partial charge in [0.05, 0.1) is 11.4 Å². The second kappa shape index (κ2) is 7.82. The number of piperidine rings is 1. The van der Waals surface area contributed by atoms with Crippen LogP contribution in [0.15, 0.2) is 12.3 Å². The van der Waals surface area contributed by atoms with Crippen molar-refractivity contribution >= 4 is 5.91 Å². The molecule has 2 aromatic rings. The second-order valence-corrected chi connectivity index (χ2v) is 6.96. The molecule has 0 spiro atoms. The first-order valence-corrected chi connectivity index (χ1v) is 9.03. The van der Waals surface area contributed by atoms with Crippen molar-refractivity contribution in [2.24, 2.45) is 0 Å². The molecule has 0 unspecified atom stereocenters. The van der Waals surface area contributed by atoms with Crippen molar-refractivity contribution in [1.82, 2.24) is 30.2 Å². The monoisotopic (exact) mass is 344 g/mol. The van der Waals surface area contributed by atoms with E-state index in [-0.39, 0.29) is 5.91 Å². The second-order valence-electron chi connectivity index (χ2n) is 6.96. The average molecular weight is 344 g/mol. The molecule has 7 nitrogen and oxygen atoms in total. The van der Waals surface area contributed by atoms with Crippen LogP contribution in [0.1, 0.15) is 41.4 Å². The van der Waals surface area contributed by atoms with Crippen LogP contribution in [0, 0.1) is 13.8 Å². The lowest BCUT2D eigenvalue weighted by Crippen LogP contribution is -2.32. The Kier molecular flexibility index (Phi) is 5.53. The third-order valence-electron chi connectivity index (χ3n) is 5.08. The van der Waals surface area contributed by atoms with Gasteiger partial charge < -0.3 is 10.2 Å². The molecule has 0 aliphatic carbocycles. The van der Waals surface area contributed by atoms with Crippen LogP contribution in [0.25, 0.3) is 0 Å². The molecule has 25 heavy (non-hydrogen) atoms.